The number of amides is 2. The molecule has 6 nitrogen and oxygen atoms in total. The number of anilines is 1. The van der Waals surface area contributed by atoms with Crippen LogP contribution in [0.1, 0.15) is 23.0 Å². The van der Waals surface area contributed by atoms with Crippen LogP contribution in [-0.2, 0) is 11.3 Å². The zero-order valence-electron chi connectivity index (χ0n) is 16.1. The molecule has 0 radical (unpaired) electrons. The van der Waals surface area contributed by atoms with Gasteiger partial charge in [-0.1, -0.05) is 12.1 Å². The summed E-state index contributed by atoms with van der Waals surface area (Å²) >= 11 is 0. The summed E-state index contributed by atoms with van der Waals surface area (Å²) in [4.78, 5) is 28.8. The Bertz CT molecular complexity index is 1040. The van der Waals surface area contributed by atoms with Gasteiger partial charge in [0.15, 0.2) is 17.7 Å². The van der Waals surface area contributed by atoms with E-state index < -0.39 is 23.6 Å². The number of hydrogen-bond donors (Lipinski definition) is 2. The summed E-state index contributed by atoms with van der Waals surface area (Å²) in [6, 6.07) is 14.8. The highest BCUT2D eigenvalue weighted by atomic mass is 19.2. The Morgan fingerprint density at radius 2 is 1.87 bits per heavy atom. The second-order valence-electron chi connectivity index (χ2n) is 6.41. The largest absolute Gasteiger partial charge is 0.481 e. The first kappa shape index (κ1) is 20.9. The second kappa shape index (κ2) is 9.60. The van der Waals surface area contributed by atoms with Crippen molar-refractivity contribution in [2.75, 3.05) is 5.32 Å². The van der Waals surface area contributed by atoms with Gasteiger partial charge in [0.25, 0.3) is 11.8 Å². The van der Waals surface area contributed by atoms with Crippen molar-refractivity contribution in [3.8, 4) is 5.75 Å². The Kier molecular flexibility index (Phi) is 6.69. The van der Waals surface area contributed by atoms with Crippen molar-refractivity contribution < 1.29 is 23.1 Å². The summed E-state index contributed by atoms with van der Waals surface area (Å²) < 4.78 is 31.6. The fourth-order valence-corrected chi connectivity index (χ4v) is 2.57. The van der Waals surface area contributed by atoms with E-state index in [-0.39, 0.29) is 18.2 Å². The van der Waals surface area contributed by atoms with E-state index in [2.05, 4.69) is 15.6 Å². The molecule has 3 rings (SSSR count). The summed E-state index contributed by atoms with van der Waals surface area (Å²) in [5.41, 5.74) is 1.47. The van der Waals surface area contributed by atoms with Crippen molar-refractivity contribution in [3.63, 3.8) is 0 Å². The lowest BCUT2D eigenvalue weighted by molar-refractivity contribution is -0.122. The summed E-state index contributed by atoms with van der Waals surface area (Å²) in [5, 5.41) is 5.39. The van der Waals surface area contributed by atoms with Crippen LogP contribution in [0.2, 0.25) is 0 Å². The van der Waals surface area contributed by atoms with Gasteiger partial charge in [0.05, 0.1) is 12.2 Å². The number of pyridine rings is 1. The highest BCUT2D eigenvalue weighted by Gasteiger charge is 2.16. The van der Waals surface area contributed by atoms with E-state index in [1.165, 1.54) is 19.1 Å². The first-order chi connectivity index (χ1) is 14.4. The molecule has 0 aliphatic carbocycles. The van der Waals surface area contributed by atoms with E-state index >= 15 is 0 Å². The van der Waals surface area contributed by atoms with Crippen molar-refractivity contribution in [1.82, 2.24) is 10.3 Å². The predicted molar refractivity (Wildman–Crippen MR) is 107 cm³/mol. The average Bonchev–Trinajstić information content (AvgIpc) is 2.75. The minimum absolute atomic E-state index is 0.0270. The van der Waals surface area contributed by atoms with Crippen LogP contribution in [-0.4, -0.2) is 22.9 Å². The number of hydrogen-bond acceptors (Lipinski definition) is 4. The molecule has 0 spiro atoms. The maximum atomic E-state index is 13.3. The standard InChI is InChI=1S/C22H19F2N3O3/c1-14(30-18-8-9-19(23)20(24)12-18)21(28)27-16-7-4-5-15(11-16)22(29)26-13-17-6-2-3-10-25-17/h2-12,14H,13H2,1H3,(H,26,29)(H,27,28). The fraction of sp³-hybridized carbons (Fsp3) is 0.136. The van der Waals surface area contributed by atoms with Gasteiger partial charge in [0, 0.05) is 23.5 Å². The molecular weight excluding hydrogens is 392 g/mol. The Labute approximate surface area is 171 Å². The number of nitrogens with zero attached hydrogens (tertiary/aromatic N) is 1. The minimum atomic E-state index is -1.07. The third-order valence-electron chi connectivity index (χ3n) is 4.12. The third-order valence-corrected chi connectivity index (χ3v) is 4.12. The fourth-order valence-electron chi connectivity index (χ4n) is 2.57. The van der Waals surface area contributed by atoms with Crippen molar-refractivity contribution in [3.05, 3.63) is 89.8 Å². The molecule has 30 heavy (non-hydrogen) atoms. The molecule has 1 heterocycles. The van der Waals surface area contributed by atoms with E-state index in [4.69, 9.17) is 4.74 Å². The molecule has 2 N–H and O–H groups in total. The molecule has 2 aromatic carbocycles. The number of nitrogens with one attached hydrogen (secondary N) is 2. The number of aromatic nitrogens is 1. The maximum Gasteiger partial charge on any atom is 0.265 e. The van der Waals surface area contributed by atoms with Crippen LogP contribution >= 0.6 is 0 Å². The molecular formula is C22H19F2N3O3. The molecule has 0 saturated heterocycles. The van der Waals surface area contributed by atoms with Crippen LogP contribution in [0.4, 0.5) is 14.5 Å². The van der Waals surface area contributed by atoms with Crippen molar-refractivity contribution in [2.45, 2.75) is 19.6 Å². The lowest BCUT2D eigenvalue weighted by Gasteiger charge is -2.15. The minimum Gasteiger partial charge on any atom is -0.481 e. The van der Waals surface area contributed by atoms with Crippen LogP contribution < -0.4 is 15.4 Å². The van der Waals surface area contributed by atoms with E-state index in [9.17, 15) is 18.4 Å². The summed E-state index contributed by atoms with van der Waals surface area (Å²) in [5.74, 6) is -2.87. The quantitative estimate of drug-likeness (QED) is 0.621. The molecule has 1 atom stereocenters. The monoisotopic (exact) mass is 411 g/mol. The van der Waals surface area contributed by atoms with E-state index in [0.29, 0.717) is 11.3 Å². The smallest absolute Gasteiger partial charge is 0.265 e. The van der Waals surface area contributed by atoms with E-state index in [0.717, 1.165) is 17.8 Å². The average molecular weight is 411 g/mol. The van der Waals surface area contributed by atoms with Gasteiger partial charge in [0.1, 0.15) is 5.75 Å². The number of rotatable bonds is 7. The molecule has 8 heteroatoms. The van der Waals surface area contributed by atoms with Gasteiger partial charge >= 0.3 is 0 Å². The van der Waals surface area contributed by atoms with Crippen LogP contribution in [0.15, 0.2) is 66.9 Å². The Balaban J connectivity index is 1.58. The maximum absolute atomic E-state index is 13.3. The van der Waals surface area contributed by atoms with Gasteiger partial charge in [-0.25, -0.2) is 8.78 Å². The molecule has 0 fully saturated rings. The normalized spacial score (nSPS) is 11.4. The topological polar surface area (TPSA) is 80.3 Å². The van der Waals surface area contributed by atoms with E-state index in [1.54, 1.807) is 36.5 Å². The van der Waals surface area contributed by atoms with Gasteiger partial charge < -0.3 is 15.4 Å². The lowest BCUT2D eigenvalue weighted by Crippen LogP contribution is -2.30. The van der Waals surface area contributed by atoms with Gasteiger partial charge in [-0.05, 0) is 49.4 Å². The van der Waals surface area contributed by atoms with Crippen LogP contribution in [0.3, 0.4) is 0 Å². The van der Waals surface area contributed by atoms with Crippen LogP contribution in [0.25, 0.3) is 0 Å². The van der Waals surface area contributed by atoms with Crippen molar-refractivity contribution in [1.29, 1.82) is 0 Å². The molecule has 2 amide bonds. The van der Waals surface area contributed by atoms with Gasteiger partial charge in [-0.3, -0.25) is 14.6 Å². The number of carbonyl (C=O) groups is 2. The SMILES string of the molecule is CC(Oc1ccc(F)c(F)c1)C(=O)Nc1cccc(C(=O)NCc2ccccn2)c1. The summed E-state index contributed by atoms with van der Waals surface area (Å²) in [6.07, 6.45) is 0.665. The highest BCUT2D eigenvalue weighted by Crippen LogP contribution is 2.18. The molecule has 0 aliphatic rings. The number of ether oxygens (including phenoxy) is 1. The van der Waals surface area contributed by atoms with E-state index in [1.807, 2.05) is 6.07 Å². The molecule has 0 saturated carbocycles. The van der Waals surface area contributed by atoms with Crippen LogP contribution in [0, 0.1) is 11.6 Å². The van der Waals surface area contributed by atoms with Gasteiger partial charge in [-0.15, -0.1) is 0 Å². The first-order valence-electron chi connectivity index (χ1n) is 9.13. The van der Waals surface area contributed by atoms with Crippen molar-refractivity contribution in [2.24, 2.45) is 0 Å². The Morgan fingerprint density at radius 1 is 1.03 bits per heavy atom. The molecule has 154 valence electrons. The first-order valence-corrected chi connectivity index (χ1v) is 9.13. The van der Waals surface area contributed by atoms with Gasteiger partial charge in [-0.2, -0.15) is 0 Å². The number of carbonyl (C=O) groups excluding carboxylic acids is 2. The lowest BCUT2D eigenvalue weighted by atomic mass is 10.2. The Hall–Kier alpha value is -3.81. The highest BCUT2D eigenvalue weighted by molar-refractivity contribution is 5.98. The Morgan fingerprint density at radius 3 is 2.60 bits per heavy atom. The van der Waals surface area contributed by atoms with Crippen LogP contribution in [0.5, 0.6) is 5.75 Å². The second-order valence-corrected chi connectivity index (χ2v) is 6.41. The zero-order valence-corrected chi connectivity index (χ0v) is 16.1. The summed E-state index contributed by atoms with van der Waals surface area (Å²) in [7, 11) is 0. The van der Waals surface area contributed by atoms with Crippen molar-refractivity contribution >= 4 is 17.5 Å². The zero-order chi connectivity index (χ0) is 21.5. The molecule has 1 aromatic heterocycles. The number of halogens is 2. The predicted octanol–water partition coefficient (Wildman–Crippen LogP) is 3.70. The molecule has 1 unspecified atom stereocenters. The molecule has 0 aliphatic heterocycles. The summed E-state index contributed by atoms with van der Waals surface area (Å²) in [6.45, 7) is 1.75. The molecule has 3 aromatic rings. The van der Waals surface area contributed by atoms with Gasteiger partial charge in [0.2, 0.25) is 0 Å². The number of benzene rings is 2. The molecule has 0 bridgehead atoms. The third kappa shape index (κ3) is 5.60.